The topological polar surface area (TPSA) is 70.7 Å². The van der Waals surface area contributed by atoms with Gasteiger partial charge >= 0.3 is 0 Å². The quantitative estimate of drug-likeness (QED) is 0.532. The van der Waals surface area contributed by atoms with E-state index >= 15 is 0 Å². The van der Waals surface area contributed by atoms with E-state index < -0.39 is 0 Å². The second-order valence-corrected chi connectivity index (χ2v) is 6.76. The van der Waals surface area contributed by atoms with Crippen molar-refractivity contribution in [2.75, 3.05) is 0 Å². The molecule has 0 fully saturated rings. The summed E-state index contributed by atoms with van der Waals surface area (Å²) in [5, 5.41) is 4.97. The third-order valence-corrected chi connectivity index (χ3v) is 4.85. The molecule has 0 radical (unpaired) electrons. The predicted molar refractivity (Wildman–Crippen MR) is 111 cm³/mol. The molecule has 0 saturated heterocycles. The molecule has 0 aliphatic carbocycles. The summed E-state index contributed by atoms with van der Waals surface area (Å²) in [6.45, 7) is 1.98. The summed E-state index contributed by atoms with van der Waals surface area (Å²) >= 11 is 0. The summed E-state index contributed by atoms with van der Waals surface area (Å²) in [7, 11) is 0. The predicted octanol–water partition coefficient (Wildman–Crippen LogP) is 3.69. The first kappa shape index (κ1) is 16.3. The molecule has 4 aromatic rings. The number of allylic oxidation sites excluding steroid dienone is 2. The van der Waals surface area contributed by atoms with E-state index in [1.54, 1.807) is 12.4 Å². The number of benzene rings is 1. The molecule has 5 heteroatoms. The van der Waals surface area contributed by atoms with Crippen molar-refractivity contribution in [3.05, 3.63) is 82.5 Å². The van der Waals surface area contributed by atoms with Crippen LogP contribution in [0.15, 0.2) is 71.4 Å². The van der Waals surface area contributed by atoms with Gasteiger partial charge in [-0.05, 0) is 36.8 Å². The van der Waals surface area contributed by atoms with Crippen LogP contribution >= 0.6 is 0 Å². The lowest BCUT2D eigenvalue weighted by Crippen LogP contribution is -2.22. The number of aromatic nitrogens is 3. The molecule has 0 saturated carbocycles. The van der Waals surface area contributed by atoms with Crippen LogP contribution in [-0.4, -0.2) is 15.0 Å². The number of pyridine rings is 3. The van der Waals surface area contributed by atoms with Crippen LogP contribution in [0.3, 0.4) is 0 Å². The summed E-state index contributed by atoms with van der Waals surface area (Å²) in [4.78, 5) is 24.6. The van der Waals surface area contributed by atoms with Crippen molar-refractivity contribution >= 4 is 21.9 Å². The molecule has 3 aromatic heterocycles. The van der Waals surface area contributed by atoms with Gasteiger partial charge in [0.2, 0.25) is 0 Å². The van der Waals surface area contributed by atoms with Gasteiger partial charge in [0.1, 0.15) is 11.7 Å². The molecule has 28 heavy (non-hydrogen) atoms. The molecule has 5 nitrogen and oxygen atoms in total. The van der Waals surface area contributed by atoms with E-state index in [9.17, 15) is 4.79 Å². The molecule has 4 heterocycles. The fraction of sp³-hybridized carbons (Fsp3) is 0.0870. The normalized spacial score (nSPS) is 15.6. The van der Waals surface area contributed by atoms with Crippen molar-refractivity contribution in [1.82, 2.24) is 20.3 Å². The van der Waals surface area contributed by atoms with Crippen molar-refractivity contribution < 1.29 is 0 Å². The van der Waals surface area contributed by atoms with Crippen LogP contribution in [0.2, 0.25) is 0 Å². The van der Waals surface area contributed by atoms with E-state index in [0.29, 0.717) is 11.0 Å². The Morgan fingerprint density at radius 3 is 2.96 bits per heavy atom. The number of H-pyrrole nitrogens is 1. The standard InChI is InChI=1S/C23H16N4O/c1-14-4-2-6-20(26-14)22-17(13-18-21(28)9-11-25-23(18)27-22)15-7-8-19-16(12-15)5-3-10-24-19/h3-5,7-13,20,26H,1H3,(H,25,27,28). The van der Waals surface area contributed by atoms with E-state index in [4.69, 9.17) is 4.98 Å². The highest BCUT2D eigenvalue weighted by Gasteiger charge is 2.20. The molecule has 1 aromatic carbocycles. The summed E-state index contributed by atoms with van der Waals surface area (Å²) in [5.74, 6) is 6.24. The highest BCUT2D eigenvalue weighted by atomic mass is 16.1. The van der Waals surface area contributed by atoms with Crippen LogP contribution < -0.4 is 10.7 Å². The van der Waals surface area contributed by atoms with Gasteiger partial charge in [0.05, 0.1) is 16.6 Å². The third-order valence-electron chi connectivity index (χ3n) is 4.85. The van der Waals surface area contributed by atoms with Crippen LogP contribution in [0, 0.1) is 11.8 Å². The molecule has 1 aliphatic heterocycles. The van der Waals surface area contributed by atoms with Gasteiger partial charge < -0.3 is 10.3 Å². The van der Waals surface area contributed by atoms with Gasteiger partial charge in [0.25, 0.3) is 0 Å². The number of rotatable bonds is 2. The lowest BCUT2D eigenvalue weighted by atomic mass is 9.96. The number of hydrogen-bond donors (Lipinski definition) is 2. The maximum Gasteiger partial charge on any atom is 0.191 e. The number of fused-ring (bicyclic) bond motifs is 2. The lowest BCUT2D eigenvalue weighted by Gasteiger charge is -2.20. The van der Waals surface area contributed by atoms with E-state index in [1.807, 2.05) is 43.3 Å². The van der Waals surface area contributed by atoms with Gasteiger partial charge in [0.15, 0.2) is 5.43 Å². The van der Waals surface area contributed by atoms with E-state index in [2.05, 4.69) is 33.2 Å². The maximum absolute atomic E-state index is 12.4. The summed E-state index contributed by atoms with van der Waals surface area (Å²) < 4.78 is 0. The lowest BCUT2D eigenvalue weighted by molar-refractivity contribution is 0.711. The minimum Gasteiger partial charge on any atom is -0.370 e. The summed E-state index contributed by atoms with van der Waals surface area (Å²) in [6, 6.07) is 13.2. The molecule has 1 unspecified atom stereocenters. The number of aromatic amines is 1. The first-order chi connectivity index (χ1) is 13.7. The second-order valence-electron chi connectivity index (χ2n) is 6.76. The fourth-order valence-corrected chi connectivity index (χ4v) is 3.48. The second kappa shape index (κ2) is 6.36. The number of nitrogens with zero attached hydrogens (tertiary/aromatic N) is 2. The first-order valence-corrected chi connectivity index (χ1v) is 9.01. The maximum atomic E-state index is 12.4. The molecule has 1 aliphatic rings. The van der Waals surface area contributed by atoms with Crippen LogP contribution in [0.1, 0.15) is 18.7 Å². The Balaban J connectivity index is 1.79. The molecule has 0 bridgehead atoms. The van der Waals surface area contributed by atoms with Gasteiger partial charge in [-0.15, -0.1) is 0 Å². The Labute approximate surface area is 161 Å². The highest BCUT2D eigenvalue weighted by Crippen LogP contribution is 2.31. The number of nitrogens with one attached hydrogen (secondary N) is 2. The zero-order chi connectivity index (χ0) is 19.1. The van der Waals surface area contributed by atoms with Gasteiger partial charge in [-0.25, -0.2) is 4.98 Å². The van der Waals surface area contributed by atoms with Crippen LogP contribution in [0.25, 0.3) is 33.1 Å². The van der Waals surface area contributed by atoms with E-state index in [-0.39, 0.29) is 11.5 Å². The smallest absolute Gasteiger partial charge is 0.191 e. The molecule has 0 amide bonds. The Kier molecular flexibility index (Phi) is 3.70. The van der Waals surface area contributed by atoms with Crippen molar-refractivity contribution in [2.45, 2.75) is 13.0 Å². The van der Waals surface area contributed by atoms with Crippen molar-refractivity contribution in [3.63, 3.8) is 0 Å². The summed E-state index contributed by atoms with van der Waals surface area (Å²) in [6.07, 6.45) is 5.25. The fourth-order valence-electron chi connectivity index (χ4n) is 3.48. The molecule has 5 rings (SSSR count). The molecular weight excluding hydrogens is 348 g/mol. The van der Waals surface area contributed by atoms with Gasteiger partial charge in [-0.3, -0.25) is 9.78 Å². The van der Waals surface area contributed by atoms with Crippen LogP contribution in [0.5, 0.6) is 0 Å². The molecular formula is C23H16N4O. The van der Waals surface area contributed by atoms with E-state index in [0.717, 1.165) is 33.4 Å². The average molecular weight is 364 g/mol. The average Bonchev–Trinajstić information content (AvgIpc) is 2.73. The van der Waals surface area contributed by atoms with E-state index in [1.165, 1.54) is 6.07 Å². The monoisotopic (exact) mass is 364 g/mol. The minimum absolute atomic E-state index is 0.0599. The largest absolute Gasteiger partial charge is 0.370 e. The van der Waals surface area contributed by atoms with Crippen LogP contribution in [0.4, 0.5) is 0 Å². The first-order valence-electron chi connectivity index (χ1n) is 9.01. The van der Waals surface area contributed by atoms with Crippen molar-refractivity contribution in [3.8, 4) is 23.0 Å². The molecule has 134 valence electrons. The molecule has 2 N–H and O–H groups in total. The molecule has 1 atom stereocenters. The van der Waals surface area contributed by atoms with Crippen LogP contribution in [-0.2, 0) is 0 Å². The SMILES string of the molecule is CC1=CC#CC(c2nc3[nH]ccc(=O)c3cc2-c2ccc3ncccc3c2)N1. The van der Waals surface area contributed by atoms with Gasteiger partial charge in [0, 0.05) is 41.2 Å². The third kappa shape index (κ3) is 2.72. The zero-order valence-corrected chi connectivity index (χ0v) is 15.2. The Bertz CT molecular complexity index is 1390. The van der Waals surface area contributed by atoms with Crippen molar-refractivity contribution in [2.24, 2.45) is 0 Å². The zero-order valence-electron chi connectivity index (χ0n) is 15.2. The highest BCUT2D eigenvalue weighted by molar-refractivity contribution is 5.88. The Morgan fingerprint density at radius 2 is 2.07 bits per heavy atom. The number of hydrogen-bond acceptors (Lipinski definition) is 4. The van der Waals surface area contributed by atoms with Gasteiger partial charge in [-0.2, -0.15) is 0 Å². The summed E-state index contributed by atoms with van der Waals surface area (Å²) in [5.41, 5.74) is 5.06. The van der Waals surface area contributed by atoms with Crippen molar-refractivity contribution in [1.29, 1.82) is 0 Å². The Morgan fingerprint density at radius 1 is 1.14 bits per heavy atom. The minimum atomic E-state index is -0.252. The molecule has 0 spiro atoms. The van der Waals surface area contributed by atoms with Gasteiger partial charge in [-0.1, -0.05) is 24.0 Å². The Hall–Kier alpha value is -3.91.